The van der Waals surface area contributed by atoms with Crippen molar-refractivity contribution in [2.45, 2.75) is 13.0 Å². The first-order chi connectivity index (χ1) is 13.2. The third kappa shape index (κ3) is 4.58. The summed E-state index contributed by atoms with van der Waals surface area (Å²) in [4.78, 5) is 28.2. The highest BCUT2D eigenvalue weighted by Gasteiger charge is 2.33. The van der Waals surface area contributed by atoms with Crippen molar-refractivity contribution in [1.29, 1.82) is 0 Å². The second kappa shape index (κ2) is 8.39. The van der Waals surface area contributed by atoms with Crippen LogP contribution in [0.15, 0.2) is 28.0 Å². The van der Waals surface area contributed by atoms with Gasteiger partial charge in [0.05, 0.1) is 27.9 Å². The van der Waals surface area contributed by atoms with Gasteiger partial charge in [0, 0.05) is 25.3 Å². The molecule has 2 aromatic rings. The molecule has 148 valence electrons. The van der Waals surface area contributed by atoms with E-state index in [0.29, 0.717) is 9.09 Å². The molecule has 0 saturated carbocycles. The zero-order valence-corrected chi connectivity index (χ0v) is 17.6. The first-order valence-electron chi connectivity index (χ1n) is 8.03. The van der Waals surface area contributed by atoms with E-state index in [1.807, 2.05) is 0 Å². The van der Waals surface area contributed by atoms with E-state index in [4.69, 9.17) is 4.74 Å². The number of anilines is 1. The van der Waals surface area contributed by atoms with Crippen LogP contribution >= 0.6 is 31.9 Å². The van der Waals surface area contributed by atoms with Crippen LogP contribution in [0.1, 0.15) is 12.6 Å². The molecule has 2 amide bonds. The number of ether oxygens (including phenoxy) is 1. The molecule has 1 fully saturated rings. The molecule has 1 atom stereocenters. The summed E-state index contributed by atoms with van der Waals surface area (Å²) in [5.41, 5.74) is 0.192. The van der Waals surface area contributed by atoms with Crippen molar-refractivity contribution >= 4 is 55.6 Å². The number of hydrogen-bond acceptors (Lipinski definition) is 4. The number of benzene rings is 1. The summed E-state index contributed by atoms with van der Waals surface area (Å²) in [5, 5.41) is 2.54. The smallest absolute Gasteiger partial charge is 0.414 e. The van der Waals surface area contributed by atoms with Gasteiger partial charge in [-0.3, -0.25) is 9.69 Å². The molecule has 2 heterocycles. The summed E-state index contributed by atoms with van der Waals surface area (Å²) in [6.45, 7) is 1.53. The summed E-state index contributed by atoms with van der Waals surface area (Å²) in [5.74, 6) is -1.99. The van der Waals surface area contributed by atoms with Gasteiger partial charge in [-0.15, -0.1) is 0 Å². The maximum absolute atomic E-state index is 14.6. The minimum Gasteiger partial charge on any atom is -0.442 e. The number of halogens is 4. The molecule has 3 rings (SSSR count). The van der Waals surface area contributed by atoms with E-state index < -0.39 is 23.8 Å². The lowest BCUT2D eigenvalue weighted by molar-refractivity contribution is -0.119. The second-order valence-corrected chi connectivity index (χ2v) is 8.72. The predicted molar refractivity (Wildman–Crippen MR) is 106 cm³/mol. The lowest BCUT2D eigenvalue weighted by Gasteiger charge is -2.15. The third-order valence-electron chi connectivity index (χ3n) is 3.88. The van der Waals surface area contributed by atoms with E-state index in [2.05, 4.69) is 42.2 Å². The molecule has 0 radical (unpaired) electrons. The standard InChI is InChI=1S/C17H14Br2F2N4O3/c1-9(26)22-5-12-7-25(17(27)28-12)11-3-13(20)16(14(21)4-11)24-6-10(23-8-24)2-15(18)19/h2-4,6,8,12H,5,7H2,1H3,(H,22,26)/t12-/m0/s1. The molecule has 1 aromatic heterocycles. The number of imidazole rings is 1. The van der Waals surface area contributed by atoms with Crippen LogP contribution in [-0.4, -0.2) is 40.7 Å². The van der Waals surface area contributed by atoms with Crippen molar-refractivity contribution in [3.63, 3.8) is 0 Å². The van der Waals surface area contributed by atoms with Crippen LogP contribution in [0.3, 0.4) is 0 Å². The van der Waals surface area contributed by atoms with Crippen molar-refractivity contribution in [3.05, 3.63) is 45.4 Å². The van der Waals surface area contributed by atoms with Crippen molar-refractivity contribution < 1.29 is 23.1 Å². The molecule has 0 spiro atoms. The minimum atomic E-state index is -0.862. The Balaban J connectivity index is 1.84. The van der Waals surface area contributed by atoms with E-state index >= 15 is 0 Å². The van der Waals surface area contributed by atoms with Gasteiger partial charge < -0.3 is 14.6 Å². The molecule has 0 unspecified atom stereocenters. The van der Waals surface area contributed by atoms with E-state index in [1.54, 1.807) is 6.08 Å². The zero-order valence-electron chi connectivity index (χ0n) is 14.5. The fraction of sp³-hybridized carbons (Fsp3) is 0.235. The van der Waals surface area contributed by atoms with Gasteiger partial charge in [0.25, 0.3) is 0 Å². The van der Waals surface area contributed by atoms with Crippen LogP contribution in [0.2, 0.25) is 0 Å². The first kappa shape index (κ1) is 20.5. The monoisotopic (exact) mass is 518 g/mol. The number of hydrogen-bond donors (Lipinski definition) is 1. The van der Waals surface area contributed by atoms with Gasteiger partial charge in [-0.2, -0.15) is 0 Å². The van der Waals surface area contributed by atoms with Gasteiger partial charge in [0.2, 0.25) is 5.91 Å². The highest BCUT2D eigenvalue weighted by molar-refractivity contribution is 9.28. The van der Waals surface area contributed by atoms with Crippen molar-refractivity contribution in [1.82, 2.24) is 14.9 Å². The molecule has 1 saturated heterocycles. The number of aromatic nitrogens is 2. The third-order valence-corrected chi connectivity index (χ3v) is 4.34. The van der Waals surface area contributed by atoms with E-state index in [0.717, 1.165) is 17.0 Å². The Morgan fingerprint density at radius 1 is 1.39 bits per heavy atom. The Kier molecular flexibility index (Phi) is 6.14. The van der Waals surface area contributed by atoms with Crippen LogP contribution in [0, 0.1) is 11.6 Å². The average molecular weight is 520 g/mol. The van der Waals surface area contributed by atoms with E-state index in [-0.39, 0.29) is 30.4 Å². The molecular weight excluding hydrogens is 506 g/mol. The molecule has 0 aliphatic carbocycles. The predicted octanol–water partition coefficient (Wildman–Crippen LogP) is 3.70. The number of carbonyl (C=O) groups is 2. The zero-order chi connectivity index (χ0) is 20.4. The van der Waals surface area contributed by atoms with E-state index in [1.165, 1.54) is 24.0 Å². The molecule has 11 heteroatoms. The maximum Gasteiger partial charge on any atom is 0.414 e. The summed E-state index contributed by atoms with van der Waals surface area (Å²) in [6, 6.07) is 2.10. The Morgan fingerprint density at radius 3 is 2.68 bits per heavy atom. The topological polar surface area (TPSA) is 76.5 Å². The Labute approximate surface area is 175 Å². The Hall–Kier alpha value is -2.27. The highest BCUT2D eigenvalue weighted by Crippen LogP contribution is 2.28. The summed E-state index contributed by atoms with van der Waals surface area (Å²) in [7, 11) is 0. The number of rotatable bonds is 5. The van der Waals surface area contributed by atoms with Crippen molar-refractivity contribution in [2.24, 2.45) is 0 Å². The second-order valence-electron chi connectivity index (χ2n) is 5.95. The van der Waals surface area contributed by atoms with Crippen LogP contribution in [-0.2, 0) is 9.53 Å². The number of nitrogens with one attached hydrogen (secondary N) is 1. The SMILES string of the molecule is CC(=O)NC[C@H]1CN(c2cc(F)c(-n3cnc(C=C(Br)Br)c3)c(F)c2)C(=O)O1. The number of cyclic esters (lactones) is 1. The van der Waals surface area contributed by atoms with Crippen LogP contribution in [0.25, 0.3) is 11.8 Å². The van der Waals surface area contributed by atoms with Crippen LogP contribution in [0.4, 0.5) is 19.3 Å². The summed E-state index contributed by atoms with van der Waals surface area (Å²) < 4.78 is 36.2. The quantitative estimate of drug-likeness (QED) is 0.653. The number of nitrogens with zero attached hydrogens (tertiary/aromatic N) is 3. The van der Waals surface area contributed by atoms with Gasteiger partial charge in [0.15, 0.2) is 11.6 Å². The number of amides is 2. The van der Waals surface area contributed by atoms with Crippen molar-refractivity contribution in [2.75, 3.05) is 18.0 Å². The van der Waals surface area contributed by atoms with Gasteiger partial charge in [-0.05, 0) is 37.9 Å². The molecule has 1 aromatic carbocycles. The summed E-state index contributed by atoms with van der Waals surface area (Å²) >= 11 is 6.38. The Bertz CT molecular complexity index is 937. The van der Waals surface area contributed by atoms with E-state index in [9.17, 15) is 18.4 Å². The molecule has 1 aliphatic heterocycles. The fourth-order valence-corrected chi connectivity index (χ4v) is 3.17. The van der Waals surface area contributed by atoms with Gasteiger partial charge in [-0.1, -0.05) is 0 Å². The van der Waals surface area contributed by atoms with Gasteiger partial charge in [0.1, 0.15) is 18.1 Å². The number of carbonyl (C=O) groups excluding carboxylic acids is 2. The molecule has 7 nitrogen and oxygen atoms in total. The van der Waals surface area contributed by atoms with Crippen molar-refractivity contribution in [3.8, 4) is 5.69 Å². The molecule has 1 N–H and O–H groups in total. The van der Waals surface area contributed by atoms with Gasteiger partial charge in [-0.25, -0.2) is 18.6 Å². The lowest BCUT2D eigenvalue weighted by Crippen LogP contribution is -2.33. The normalized spacial score (nSPS) is 16.1. The summed E-state index contributed by atoms with van der Waals surface area (Å²) in [6.07, 6.45) is 3.02. The maximum atomic E-state index is 14.6. The molecule has 0 bridgehead atoms. The lowest BCUT2D eigenvalue weighted by atomic mass is 10.2. The Morgan fingerprint density at radius 2 is 2.07 bits per heavy atom. The largest absolute Gasteiger partial charge is 0.442 e. The average Bonchev–Trinajstić information content (AvgIpc) is 3.18. The fourth-order valence-electron chi connectivity index (χ4n) is 2.70. The minimum absolute atomic E-state index is 0.0255. The molecule has 28 heavy (non-hydrogen) atoms. The van der Waals surface area contributed by atoms with Crippen LogP contribution in [0.5, 0.6) is 0 Å². The van der Waals surface area contributed by atoms with Gasteiger partial charge >= 0.3 is 6.09 Å². The molecular formula is C17H14Br2F2N4O3. The van der Waals surface area contributed by atoms with Crippen LogP contribution < -0.4 is 10.2 Å². The molecule has 1 aliphatic rings. The first-order valence-corrected chi connectivity index (χ1v) is 9.62. The highest BCUT2D eigenvalue weighted by atomic mass is 79.9.